The number of hydrogen-bond acceptors (Lipinski definition) is 4. The van der Waals surface area contributed by atoms with Crippen molar-refractivity contribution in [3.05, 3.63) is 29.8 Å². The molecule has 0 aliphatic heterocycles. The highest BCUT2D eigenvalue weighted by Crippen LogP contribution is 2.26. The Bertz CT molecular complexity index is 688. The third kappa shape index (κ3) is 6.69. The molecule has 0 atom stereocenters. The van der Waals surface area contributed by atoms with E-state index in [0.29, 0.717) is 18.5 Å². The Morgan fingerprint density at radius 2 is 1.68 bits per heavy atom. The van der Waals surface area contributed by atoms with Crippen LogP contribution in [0.3, 0.4) is 0 Å². The summed E-state index contributed by atoms with van der Waals surface area (Å²) in [5, 5.41) is -0.635. The summed E-state index contributed by atoms with van der Waals surface area (Å²) >= 11 is 0. The van der Waals surface area contributed by atoms with Gasteiger partial charge in [-0.15, -0.1) is 0 Å². The molecule has 0 N–H and O–H groups in total. The van der Waals surface area contributed by atoms with Crippen molar-refractivity contribution in [2.24, 2.45) is 5.41 Å². The van der Waals surface area contributed by atoms with Gasteiger partial charge in [-0.2, -0.15) is 8.42 Å². The normalized spacial score (nSPS) is 12.5. The molecule has 0 radical (unpaired) electrons. The molecule has 1 aromatic carbocycles. The van der Waals surface area contributed by atoms with Gasteiger partial charge in [0.2, 0.25) is 5.91 Å². The summed E-state index contributed by atoms with van der Waals surface area (Å²) in [6.45, 7) is 13.4. The first kappa shape index (κ1) is 21.5. The van der Waals surface area contributed by atoms with Gasteiger partial charge < -0.3 is 9.08 Å². The Hall–Kier alpha value is -1.56. The molecule has 0 fully saturated rings. The fourth-order valence-corrected chi connectivity index (χ4v) is 2.84. The van der Waals surface area contributed by atoms with Crippen molar-refractivity contribution in [1.29, 1.82) is 0 Å². The van der Waals surface area contributed by atoms with E-state index in [9.17, 15) is 13.2 Å². The van der Waals surface area contributed by atoms with Gasteiger partial charge >= 0.3 is 10.1 Å². The van der Waals surface area contributed by atoms with Gasteiger partial charge in [0.15, 0.2) is 0 Å². The number of para-hydroxylation sites is 1. The second kappa shape index (κ2) is 8.21. The molecule has 0 aliphatic rings. The molecule has 1 amide bonds. The highest BCUT2D eigenvalue weighted by atomic mass is 32.2. The standard InChI is InChI=1S/C19H31NO4S/c1-14(2)20(18(21)12-19(5,6)7)13-16-10-8-9-11-17(16)24-25(22,23)15(3)4/h8-11,14-15H,12-13H2,1-7H3. The van der Waals surface area contributed by atoms with Crippen LogP contribution in [0.25, 0.3) is 0 Å². The summed E-state index contributed by atoms with van der Waals surface area (Å²) in [5.41, 5.74) is 0.573. The zero-order valence-corrected chi connectivity index (χ0v) is 17.2. The maximum atomic E-state index is 12.7. The average Bonchev–Trinajstić information content (AvgIpc) is 2.43. The van der Waals surface area contributed by atoms with Crippen LogP contribution in [0.15, 0.2) is 24.3 Å². The van der Waals surface area contributed by atoms with Gasteiger partial charge in [-0.05, 0) is 39.2 Å². The average molecular weight is 370 g/mol. The predicted molar refractivity (Wildman–Crippen MR) is 101 cm³/mol. The van der Waals surface area contributed by atoms with E-state index in [-0.39, 0.29) is 23.1 Å². The topological polar surface area (TPSA) is 63.7 Å². The lowest BCUT2D eigenvalue weighted by atomic mass is 9.91. The van der Waals surface area contributed by atoms with Gasteiger partial charge in [0.1, 0.15) is 5.75 Å². The zero-order valence-electron chi connectivity index (χ0n) is 16.4. The molecule has 6 heteroatoms. The molecule has 0 saturated carbocycles. The summed E-state index contributed by atoms with van der Waals surface area (Å²) in [5.74, 6) is 0.328. The molecule has 1 aromatic rings. The Kier molecular flexibility index (Phi) is 7.06. The Labute approximate surface area is 152 Å². The monoisotopic (exact) mass is 369 g/mol. The lowest BCUT2D eigenvalue weighted by Crippen LogP contribution is -2.38. The summed E-state index contributed by atoms with van der Waals surface area (Å²) in [4.78, 5) is 14.4. The van der Waals surface area contributed by atoms with Crippen LogP contribution in [0.4, 0.5) is 0 Å². The molecule has 5 nitrogen and oxygen atoms in total. The first-order chi connectivity index (χ1) is 11.3. The van der Waals surface area contributed by atoms with E-state index in [1.54, 1.807) is 36.9 Å². The third-order valence-electron chi connectivity index (χ3n) is 3.72. The second-order valence-corrected chi connectivity index (χ2v) is 10.2. The van der Waals surface area contributed by atoms with Crippen LogP contribution < -0.4 is 4.18 Å². The van der Waals surface area contributed by atoms with Gasteiger partial charge in [0, 0.05) is 24.6 Å². The highest BCUT2D eigenvalue weighted by molar-refractivity contribution is 7.87. The number of rotatable bonds is 7. The number of carbonyl (C=O) groups is 1. The van der Waals surface area contributed by atoms with Crippen LogP contribution >= 0.6 is 0 Å². The predicted octanol–water partition coefficient (Wildman–Crippen LogP) is 3.98. The van der Waals surface area contributed by atoms with Crippen LogP contribution in [0.1, 0.15) is 60.5 Å². The molecular formula is C19H31NO4S. The van der Waals surface area contributed by atoms with Crippen LogP contribution in [-0.4, -0.2) is 30.5 Å². The van der Waals surface area contributed by atoms with E-state index in [2.05, 4.69) is 0 Å². The van der Waals surface area contributed by atoms with E-state index >= 15 is 0 Å². The summed E-state index contributed by atoms with van der Waals surface area (Å²) in [7, 11) is -3.68. The summed E-state index contributed by atoms with van der Waals surface area (Å²) in [6, 6.07) is 6.97. The maximum Gasteiger partial charge on any atom is 0.311 e. The minimum absolute atomic E-state index is 0.00427. The van der Waals surface area contributed by atoms with Crippen LogP contribution in [0.5, 0.6) is 5.75 Å². The fourth-order valence-electron chi connectivity index (χ4n) is 2.23. The SMILES string of the molecule is CC(C)N(Cc1ccccc1OS(=O)(=O)C(C)C)C(=O)CC(C)(C)C. The summed E-state index contributed by atoms with van der Waals surface area (Å²) < 4.78 is 29.5. The van der Waals surface area contributed by atoms with Crippen molar-refractivity contribution < 1.29 is 17.4 Å². The van der Waals surface area contributed by atoms with Crippen molar-refractivity contribution >= 4 is 16.0 Å². The Balaban J connectivity index is 3.09. The maximum absolute atomic E-state index is 12.7. The molecule has 0 aromatic heterocycles. The van der Waals surface area contributed by atoms with Gasteiger partial charge in [-0.25, -0.2) is 0 Å². The van der Waals surface area contributed by atoms with Gasteiger partial charge in [0.05, 0.1) is 5.25 Å². The molecule has 0 aliphatic carbocycles. The van der Waals surface area contributed by atoms with Crippen LogP contribution in [-0.2, 0) is 21.5 Å². The van der Waals surface area contributed by atoms with E-state index in [4.69, 9.17) is 4.18 Å². The van der Waals surface area contributed by atoms with Crippen molar-refractivity contribution in [2.75, 3.05) is 0 Å². The molecule has 0 heterocycles. The molecule has 0 saturated heterocycles. The number of nitrogens with zero attached hydrogens (tertiary/aromatic N) is 1. The largest absolute Gasteiger partial charge is 0.382 e. The van der Waals surface area contributed by atoms with E-state index in [0.717, 1.165) is 0 Å². The number of carbonyl (C=O) groups excluding carboxylic acids is 1. The Morgan fingerprint density at radius 3 is 2.16 bits per heavy atom. The molecule has 0 bridgehead atoms. The van der Waals surface area contributed by atoms with E-state index < -0.39 is 15.4 Å². The molecule has 0 spiro atoms. The van der Waals surface area contributed by atoms with Gasteiger partial charge in [0.25, 0.3) is 0 Å². The molecule has 142 valence electrons. The lowest BCUT2D eigenvalue weighted by molar-refractivity contribution is -0.135. The van der Waals surface area contributed by atoms with Crippen LogP contribution in [0, 0.1) is 5.41 Å². The van der Waals surface area contributed by atoms with Crippen molar-refractivity contribution in [1.82, 2.24) is 4.90 Å². The zero-order chi connectivity index (χ0) is 19.4. The first-order valence-corrected chi connectivity index (χ1v) is 10.1. The fraction of sp³-hybridized carbons (Fsp3) is 0.632. The number of hydrogen-bond donors (Lipinski definition) is 0. The molecule has 1 rings (SSSR count). The summed E-state index contributed by atoms with van der Waals surface area (Å²) in [6.07, 6.45) is 0.429. The van der Waals surface area contributed by atoms with E-state index in [1.165, 1.54) is 0 Å². The van der Waals surface area contributed by atoms with Gasteiger partial charge in [-0.3, -0.25) is 4.79 Å². The Morgan fingerprint density at radius 1 is 1.12 bits per heavy atom. The number of benzene rings is 1. The highest BCUT2D eigenvalue weighted by Gasteiger charge is 2.25. The van der Waals surface area contributed by atoms with Crippen LogP contribution in [0.2, 0.25) is 0 Å². The number of amides is 1. The van der Waals surface area contributed by atoms with E-state index in [1.807, 2.05) is 40.7 Å². The van der Waals surface area contributed by atoms with Crippen molar-refractivity contribution in [2.45, 2.75) is 72.7 Å². The third-order valence-corrected chi connectivity index (χ3v) is 5.29. The van der Waals surface area contributed by atoms with Crippen molar-refractivity contribution in [3.8, 4) is 5.75 Å². The van der Waals surface area contributed by atoms with Crippen molar-refractivity contribution in [3.63, 3.8) is 0 Å². The molecule has 25 heavy (non-hydrogen) atoms. The second-order valence-electron chi connectivity index (χ2n) is 8.09. The van der Waals surface area contributed by atoms with Gasteiger partial charge in [-0.1, -0.05) is 39.0 Å². The molecule has 0 unspecified atom stereocenters. The minimum atomic E-state index is -3.68. The lowest BCUT2D eigenvalue weighted by Gasteiger charge is -2.30. The molecular weight excluding hydrogens is 338 g/mol. The minimum Gasteiger partial charge on any atom is -0.382 e. The smallest absolute Gasteiger partial charge is 0.311 e. The quantitative estimate of drug-likeness (QED) is 0.682. The first-order valence-electron chi connectivity index (χ1n) is 8.64.